The van der Waals surface area contributed by atoms with E-state index in [0.717, 1.165) is 0 Å². The highest BCUT2D eigenvalue weighted by molar-refractivity contribution is 5.99. The number of hydrogen-bond acceptors (Lipinski definition) is 2. The molecule has 0 saturated heterocycles. The lowest BCUT2D eigenvalue weighted by molar-refractivity contribution is 0.0954. The Bertz CT molecular complexity index is 312. The summed E-state index contributed by atoms with van der Waals surface area (Å²) in [4.78, 5) is 11.5. The van der Waals surface area contributed by atoms with E-state index in [9.17, 15) is 9.18 Å². The Hall–Kier alpha value is -1.22. The van der Waals surface area contributed by atoms with Crippen molar-refractivity contribution in [3.8, 4) is 0 Å². The normalized spacial score (nSPS) is 12.5. The number of benzene rings is 1. The van der Waals surface area contributed by atoms with Crippen molar-refractivity contribution in [1.82, 2.24) is 5.32 Å². The SMILES string of the molecule is CN[C@@H](C)C(=O)c1cccc(F)c1. The van der Waals surface area contributed by atoms with Crippen molar-refractivity contribution in [2.45, 2.75) is 13.0 Å². The number of nitrogens with one attached hydrogen (secondary N) is 1. The number of rotatable bonds is 3. The van der Waals surface area contributed by atoms with E-state index < -0.39 is 0 Å². The van der Waals surface area contributed by atoms with Crippen LogP contribution in [0.25, 0.3) is 0 Å². The Balaban J connectivity index is 2.89. The first kappa shape index (κ1) is 9.86. The van der Waals surface area contributed by atoms with Crippen LogP contribution < -0.4 is 5.32 Å². The summed E-state index contributed by atoms with van der Waals surface area (Å²) in [6, 6.07) is 5.43. The van der Waals surface area contributed by atoms with Crippen molar-refractivity contribution in [3.63, 3.8) is 0 Å². The first-order valence-corrected chi connectivity index (χ1v) is 4.12. The Kier molecular flexibility index (Phi) is 3.14. The van der Waals surface area contributed by atoms with Gasteiger partial charge < -0.3 is 5.32 Å². The van der Waals surface area contributed by atoms with Gasteiger partial charge in [0.25, 0.3) is 0 Å². The fraction of sp³-hybridized carbons (Fsp3) is 0.300. The van der Waals surface area contributed by atoms with Gasteiger partial charge in [0.15, 0.2) is 5.78 Å². The second-order valence-corrected chi connectivity index (χ2v) is 2.88. The number of Topliss-reactive ketones (excluding diaryl/α,β-unsaturated/α-hetero) is 1. The molecule has 0 unspecified atom stereocenters. The molecule has 0 aliphatic carbocycles. The molecular weight excluding hydrogens is 169 g/mol. The minimum absolute atomic E-state index is 0.0954. The molecule has 3 heteroatoms. The Morgan fingerprint density at radius 2 is 2.23 bits per heavy atom. The lowest BCUT2D eigenvalue weighted by atomic mass is 10.1. The maximum atomic E-state index is 12.7. The van der Waals surface area contributed by atoms with Gasteiger partial charge in [-0.25, -0.2) is 4.39 Å². The van der Waals surface area contributed by atoms with Crippen LogP contribution >= 0.6 is 0 Å². The van der Waals surface area contributed by atoms with Crippen LogP contribution in [-0.2, 0) is 0 Å². The van der Waals surface area contributed by atoms with Crippen LogP contribution in [-0.4, -0.2) is 18.9 Å². The minimum Gasteiger partial charge on any atom is -0.310 e. The lowest BCUT2D eigenvalue weighted by Gasteiger charge is -2.08. The van der Waals surface area contributed by atoms with E-state index in [1.165, 1.54) is 18.2 Å². The van der Waals surface area contributed by atoms with Crippen molar-refractivity contribution in [3.05, 3.63) is 35.6 Å². The summed E-state index contributed by atoms with van der Waals surface area (Å²) in [5, 5.41) is 2.81. The molecule has 0 bridgehead atoms. The van der Waals surface area contributed by atoms with Crippen LogP contribution in [0.15, 0.2) is 24.3 Å². The van der Waals surface area contributed by atoms with E-state index >= 15 is 0 Å². The maximum absolute atomic E-state index is 12.7. The molecule has 0 aromatic heterocycles. The van der Waals surface area contributed by atoms with Gasteiger partial charge in [-0.15, -0.1) is 0 Å². The second-order valence-electron chi connectivity index (χ2n) is 2.88. The van der Waals surface area contributed by atoms with Gasteiger partial charge in [-0.1, -0.05) is 12.1 Å². The first-order chi connectivity index (χ1) is 6.15. The summed E-state index contributed by atoms with van der Waals surface area (Å²) in [7, 11) is 1.70. The van der Waals surface area contributed by atoms with Crippen molar-refractivity contribution in [2.24, 2.45) is 0 Å². The van der Waals surface area contributed by atoms with E-state index in [0.29, 0.717) is 5.56 Å². The zero-order valence-corrected chi connectivity index (χ0v) is 7.67. The van der Waals surface area contributed by atoms with Gasteiger partial charge in [0.05, 0.1) is 6.04 Å². The molecule has 2 nitrogen and oxygen atoms in total. The van der Waals surface area contributed by atoms with Crippen molar-refractivity contribution < 1.29 is 9.18 Å². The van der Waals surface area contributed by atoms with E-state index in [2.05, 4.69) is 5.32 Å². The molecular formula is C10H12FNO. The summed E-state index contributed by atoms with van der Waals surface area (Å²) in [6.45, 7) is 1.74. The number of halogens is 1. The minimum atomic E-state index is -0.380. The molecule has 0 aliphatic rings. The van der Waals surface area contributed by atoms with Crippen LogP contribution in [0, 0.1) is 5.82 Å². The van der Waals surface area contributed by atoms with Crippen LogP contribution in [0.1, 0.15) is 17.3 Å². The number of carbonyl (C=O) groups excluding carboxylic acids is 1. The standard InChI is InChI=1S/C10H12FNO/c1-7(12-2)10(13)8-4-3-5-9(11)6-8/h3-7,12H,1-2H3/t7-/m0/s1. The zero-order chi connectivity index (χ0) is 9.84. The number of likely N-dealkylation sites (N-methyl/N-ethyl adjacent to an activating group) is 1. The maximum Gasteiger partial charge on any atom is 0.179 e. The van der Waals surface area contributed by atoms with Gasteiger partial charge in [0.2, 0.25) is 0 Å². The molecule has 0 fully saturated rings. The highest BCUT2D eigenvalue weighted by Gasteiger charge is 2.12. The third-order valence-electron chi connectivity index (χ3n) is 1.94. The Morgan fingerprint density at radius 3 is 2.77 bits per heavy atom. The van der Waals surface area contributed by atoms with Gasteiger partial charge in [0.1, 0.15) is 5.82 Å². The van der Waals surface area contributed by atoms with E-state index in [1.54, 1.807) is 20.0 Å². The highest BCUT2D eigenvalue weighted by Crippen LogP contribution is 2.06. The molecule has 0 saturated carbocycles. The molecule has 13 heavy (non-hydrogen) atoms. The monoisotopic (exact) mass is 181 g/mol. The average molecular weight is 181 g/mol. The molecule has 1 rings (SSSR count). The smallest absolute Gasteiger partial charge is 0.179 e. The predicted molar refractivity (Wildman–Crippen MR) is 49.3 cm³/mol. The molecule has 70 valence electrons. The molecule has 1 aromatic rings. The van der Waals surface area contributed by atoms with Crippen LogP contribution in [0.3, 0.4) is 0 Å². The summed E-state index contributed by atoms with van der Waals surface area (Å²) in [5.41, 5.74) is 0.404. The molecule has 0 heterocycles. The zero-order valence-electron chi connectivity index (χ0n) is 7.67. The molecule has 0 radical (unpaired) electrons. The molecule has 0 amide bonds. The summed E-state index contributed by atoms with van der Waals surface area (Å²) in [5.74, 6) is -0.476. The van der Waals surface area contributed by atoms with Gasteiger partial charge in [0, 0.05) is 5.56 Å². The second kappa shape index (κ2) is 4.14. The van der Waals surface area contributed by atoms with Gasteiger partial charge in [-0.05, 0) is 26.1 Å². The topological polar surface area (TPSA) is 29.1 Å². The van der Waals surface area contributed by atoms with Gasteiger partial charge >= 0.3 is 0 Å². The third-order valence-corrected chi connectivity index (χ3v) is 1.94. The van der Waals surface area contributed by atoms with Crippen molar-refractivity contribution in [2.75, 3.05) is 7.05 Å². The fourth-order valence-electron chi connectivity index (χ4n) is 1.02. The Labute approximate surface area is 76.8 Å². The molecule has 1 atom stereocenters. The summed E-state index contributed by atoms with van der Waals surface area (Å²) in [6.07, 6.45) is 0. The Morgan fingerprint density at radius 1 is 1.54 bits per heavy atom. The van der Waals surface area contributed by atoms with Gasteiger partial charge in [-0.2, -0.15) is 0 Å². The average Bonchev–Trinajstić information content (AvgIpc) is 2.15. The molecule has 1 N–H and O–H groups in total. The lowest BCUT2D eigenvalue weighted by Crippen LogP contribution is -2.30. The van der Waals surface area contributed by atoms with Crippen LogP contribution in [0.2, 0.25) is 0 Å². The number of ketones is 1. The summed E-state index contributed by atoms with van der Waals surface area (Å²) < 4.78 is 12.7. The van der Waals surface area contributed by atoms with Crippen LogP contribution in [0.5, 0.6) is 0 Å². The van der Waals surface area contributed by atoms with E-state index in [4.69, 9.17) is 0 Å². The highest BCUT2D eigenvalue weighted by atomic mass is 19.1. The quantitative estimate of drug-likeness (QED) is 0.718. The molecule has 1 aromatic carbocycles. The third kappa shape index (κ3) is 2.36. The number of carbonyl (C=O) groups is 1. The predicted octanol–water partition coefficient (Wildman–Crippen LogP) is 1.62. The largest absolute Gasteiger partial charge is 0.310 e. The van der Waals surface area contributed by atoms with E-state index in [-0.39, 0.29) is 17.6 Å². The van der Waals surface area contributed by atoms with Gasteiger partial charge in [-0.3, -0.25) is 4.79 Å². The fourth-order valence-corrected chi connectivity index (χ4v) is 1.02. The molecule has 0 spiro atoms. The summed E-state index contributed by atoms with van der Waals surface area (Å²) >= 11 is 0. The first-order valence-electron chi connectivity index (χ1n) is 4.12. The van der Waals surface area contributed by atoms with E-state index in [1.807, 2.05) is 0 Å². The van der Waals surface area contributed by atoms with Crippen LogP contribution in [0.4, 0.5) is 4.39 Å². The van der Waals surface area contributed by atoms with Crippen molar-refractivity contribution >= 4 is 5.78 Å². The van der Waals surface area contributed by atoms with Crippen molar-refractivity contribution in [1.29, 1.82) is 0 Å². The number of hydrogen-bond donors (Lipinski definition) is 1. The molecule has 0 aliphatic heterocycles.